The Morgan fingerprint density at radius 1 is 1.19 bits per heavy atom. The van der Waals surface area contributed by atoms with Gasteiger partial charge in [-0.25, -0.2) is 4.98 Å². The summed E-state index contributed by atoms with van der Waals surface area (Å²) in [6.45, 7) is 4.46. The summed E-state index contributed by atoms with van der Waals surface area (Å²) in [6.07, 6.45) is 4.74. The van der Waals surface area contributed by atoms with Crippen molar-refractivity contribution in [3.63, 3.8) is 0 Å². The second-order valence-electron chi connectivity index (χ2n) is 8.47. The van der Waals surface area contributed by atoms with Crippen LogP contribution in [0.1, 0.15) is 41.5 Å². The van der Waals surface area contributed by atoms with Crippen molar-refractivity contribution < 1.29 is 4.79 Å². The number of nitrogens with one attached hydrogen (secondary N) is 2. The lowest BCUT2D eigenvalue weighted by Crippen LogP contribution is -2.64. The Morgan fingerprint density at radius 2 is 2.03 bits per heavy atom. The van der Waals surface area contributed by atoms with Crippen LogP contribution in [0.15, 0.2) is 35.3 Å². The van der Waals surface area contributed by atoms with E-state index in [1.807, 2.05) is 25.1 Å². The van der Waals surface area contributed by atoms with Gasteiger partial charge in [0.15, 0.2) is 0 Å². The van der Waals surface area contributed by atoms with Crippen molar-refractivity contribution in [1.82, 2.24) is 30.4 Å². The lowest BCUT2D eigenvalue weighted by atomic mass is 9.81. The van der Waals surface area contributed by atoms with Crippen molar-refractivity contribution in [3.05, 3.63) is 57.8 Å². The zero-order valence-electron chi connectivity index (χ0n) is 18.3. The minimum absolute atomic E-state index is 0.0531. The molecule has 1 saturated carbocycles. The number of amides is 1. The van der Waals surface area contributed by atoms with Crippen LogP contribution < -0.4 is 15.8 Å². The number of piperazine rings is 1. The van der Waals surface area contributed by atoms with E-state index in [9.17, 15) is 9.59 Å². The van der Waals surface area contributed by atoms with Gasteiger partial charge in [0.25, 0.3) is 11.5 Å². The SMILES string of the molecule is CCc1cc2nnc(CN3CCN(c4ccc(C(=O)NC)nc4)C4CCC43)cc2[nH]c1=O. The van der Waals surface area contributed by atoms with Crippen LogP contribution in [-0.2, 0) is 13.0 Å². The predicted octanol–water partition coefficient (Wildman–Crippen LogP) is 1.49. The second kappa shape index (κ2) is 8.31. The molecule has 0 aromatic carbocycles. The van der Waals surface area contributed by atoms with E-state index in [2.05, 4.69) is 35.3 Å². The van der Waals surface area contributed by atoms with Crippen molar-refractivity contribution in [1.29, 1.82) is 0 Å². The van der Waals surface area contributed by atoms with Crippen LogP contribution >= 0.6 is 0 Å². The number of pyridine rings is 2. The highest BCUT2D eigenvalue weighted by molar-refractivity contribution is 5.92. The molecule has 0 bridgehead atoms. The van der Waals surface area contributed by atoms with E-state index in [0.717, 1.165) is 53.9 Å². The smallest absolute Gasteiger partial charge is 0.269 e. The van der Waals surface area contributed by atoms with Gasteiger partial charge in [-0.1, -0.05) is 6.92 Å². The number of H-pyrrole nitrogens is 1. The number of carbonyl (C=O) groups is 1. The van der Waals surface area contributed by atoms with E-state index in [0.29, 0.717) is 30.7 Å². The highest BCUT2D eigenvalue weighted by Gasteiger charge is 2.43. The van der Waals surface area contributed by atoms with Crippen LogP contribution in [0.5, 0.6) is 0 Å². The van der Waals surface area contributed by atoms with Crippen LogP contribution in [0, 0.1) is 0 Å². The van der Waals surface area contributed by atoms with Gasteiger partial charge in [0.2, 0.25) is 0 Å². The first-order valence-corrected chi connectivity index (χ1v) is 11.1. The zero-order chi connectivity index (χ0) is 22.2. The summed E-state index contributed by atoms with van der Waals surface area (Å²) in [5.41, 5.74) is 4.50. The number of nitrogens with zero attached hydrogens (tertiary/aromatic N) is 5. The normalized spacial score (nSPS) is 20.6. The number of aromatic amines is 1. The Labute approximate surface area is 185 Å². The van der Waals surface area contributed by atoms with Crippen molar-refractivity contribution in [3.8, 4) is 0 Å². The maximum Gasteiger partial charge on any atom is 0.269 e. The molecular weight excluding hydrogens is 406 g/mol. The average Bonchev–Trinajstić information content (AvgIpc) is 2.79. The molecule has 2 N–H and O–H groups in total. The van der Waals surface area contributed by atoms with Crippen molar-refractivity contribution in [2.75, 3.05) is 25.0 Å². The molecule has 2 unspecified atom stereocenters. The van der Waals surface area contributed by atoms with Crippen molar-refractivity contribution in [2.24, 2.45) is 0 Å². The van der Waals surface area contributed by atoms with Gasteiger partial charge in [0.05, 0.1) is 23.1 Å². The summed E-state index contributed by atoms with van der Waals surface area (Å²) in [5, 5.41) is 11.4. The van der Waals surface area contributed by atoms with Crippen LogP contribution in [0.2, 0.25) is 0 Å². The lowest BCUT2D eigenvalue weighted by Gasteiger charge is -2.54. The fourth-order valence-electron chi connectivity index (χ4n) is 4.79. The van der Waals surface area contributed by atoms with Crippen molar-refractivity contribution >= 4 is 22.6 Å². The van der Waals surface area contributed by atoms with Crippen LogP contribution in [0.3, 0.4) is 0 Å². The number of rotatable bonds is 5. The highest BCUT2D eigenvalue weighted by atomic mass is 16.1. The highest BCUT2D eigenvalue weighted by Crippen LogP contribution is 2.37. The first kappa shape index (κ1) is 20.6. The van der Waals surface area contributed by atoms with Crippen LogP contribution in [0.4, 0.5) is 5.69 Å². The first-order chi connectivity index (χ1) is 15.6. The molecule has 1 amide bonds. The molecule has 2 atom stereocenters. The molecule has 1 aliphatic carbocycles. The molecule has 3 aromatic heterocycles. The number of carbonyl (C=O) groups excluding carboxylic acids is 1. The number of anilines is 1. The Hall–Kier alpha value is -3.33. The summed E-state index contributed by atoms with van der Waals surface area (Å²) in [4.78, 5) is 36.1. The van der Waals surface area contributed by atoms with Crippen LogP contribution in [0.25, 0.3) is 11.0 Å². The topological polar surface area (TPSA) is 107 Å². The molecule has 9 nitrogen and oxygen atoms in total. The summed E-state index contributed by atoms with van der Waals surface area (Å²) >= 11 is 0. The zero-order valence-corrected chi connectivity index (χ0v) is 18.3. The first-order valence-electron chi connectivity index (χ1n) is 11.1. The number of hydrogen-bond donors (Lipinski definition) is 2. The van der Waals surface area contributed by atoms with Gasteiger partial charge in [-0.15, -0.1) is 5.10 Å². The molecule has 2 aliphatic rings. The maximum absolute atomic E-state index is 12.2. The van der Waals surface area contributed by atoms with E-state index >= 15 is 0 Å². The van der Waals surface area contributed by atoms with Crippen LogP contribution in [-0.4, -0.2) is 63.2 Å². The molecule has 1 aliphatic heterocycles. The molecule has 4 heterocycles. The predicted molar refractivity (Wildman–Crippen MR) is 122 cm³/mol. The molecule has 9 heteroatoms. The van der Waals surface area contributed by atoms with Gasteiger partial charge in [-0.3, -0.25) is 14.5 Å². The molecule has 0 spiro atoms. The fourth-order valence-corrected chi connectivity index (χ4v) is 4.79. The number of fused-ring (bicyclic) bond motifs is 2. The van der Waals surface area contributed by atoms with Gasteiger partial charge >= 0.3 is 0 Å². The summed E-state index contributed by atoms with van der Waals surface area (Å²) in [6, 6.07) is 8.42. The largest absolute Gasteiger partial charge is 0.364 e. The third-order valence-electron chi connectivity index (χ3n) is 6.71. The molecule has 32 heavy (non-hydrogen) atoms. The van der Waals surface area contributed by atoms with Gasteiger partial charge in [0, 0.05) is 44.3 Å². The lowest BCUT2D eigenvalue weighted by molar-refractivity contribution is 0.0647. The van der Waals surface area contributed by atoms with E-state index in [1.54, 1.807) is 19.3 Å². The molecule has 166 valence electrons. The Kier molecular flexibility index (Phi) is 5.34. The summed E-state index contributed by atoms with van der Waals surface area (Å²) < 4.78 is 0. The molecular formula is C23H27N7O2. The molecule has 2 fully saturated rings. The maximum atomic E-state index is 12.2. The number of aromatic nitrogens is 4. The monoisotopic (exact) mass is 433 g/mol. The summed E-state index contributed by atoms with van der Waals surface area (Å²) in [5.74, 6) is -0.174. The van der Waals surface area contributed by atoms with E-state index in [4.69, 9.17) is 0 Å². The Balaban J connectivity index is 1.30. The molecule has 0 radical (unpaired) electrons. The van der Waals surface area contributed by atoms with E-state index < -0.39 is 0 Å². The van der Waals surface area contributed by atoms with Gasteiger partial charge < -0.3 is 15.2 Å². The third-order valence-corrected chi connectivity index (χ3v) is 6.71. The van der Waals surface area contributed by atoms with Gasteiger partial charge in [0.1, 0.15) is 11.2 Å². The van der Waals surface area contributed by atoms with E-state index in [1.165, 1.54) is 0 Å². The average molecular weight is 434 g/mol. The number of hydrogen-bond acceptors (Lipinski definition) is 7. The molecule has 5 rings (SSSR count). The van der Waals surface area contributed by atoms with Gasteiger partial charge in [-0.05, 0) is 43.5 Å². The number of aryl methyl sites for hydroxylation is 1. The summed E-state index contributed by atoms with van der Waals surface area (Å²) in [7, 11) is 1.61. The Bertz CT molecular complexity index is 1210. The Morgan fingerprint density at radius 3 is 2.72 bits per heavy atom. The quantitative estimate of drug-likeness (QED) is 0.628. The third kappa shape index (κ3) is 3.62. The molecule has 3 aromatic rings. The minimum Gasteiger partial charge on any atom is -0.364 e. The fraction of sp³-hybridized carbons (Fsp3) is 0.435. The van der Waals surface area contributed by atoms with Gasteiger partial charge in [-0.2, -0.15) is 5.10 Å². The second-order valence-corrected chi connectivity index (χ2v) is 8.47. The standard InChI is InChI=1S/C23H27N7O2/c1-3-14-10-19-18(26-22(14)31)11-15(27-28-19)13-29-8-9-30(21-7-6-20(21)29)16-4-5-17(25-12-16)23(32)24-2/h4-5,10-12,20-21H,3,6-9,13H2,1-2H3,(H,24,32)(H,26,31). The minimum atomic E-state index is -0.174. The molecule has 1 saturated heterocycles. The van der Waals surface area contributed by atoms with Crippen molar-refractivity contribution in [2.45, 2.75) is 44.8 Å². The van der Waals surface area contributed by atoms with E-state index in [-0.39, 0.29) is 11.5 Å².